The van der Waals surface area contributed by atoms with Crippen molar-refractivity contribution in [3.8, 4) is 10.8 Å². The standard InChI is InChI=1S/C17H22N4O2S/c1-12-5-2-3-6-13(12)23-10-9-20-16(22)14-11-21-17(24-14)15-18-7-4-8-19-15/h4,7-8,11-13H,2-3,5-6,9-10H2,1H3,(H,20,22)/t12-,13+/m1/s1. The number of thiazole rings is 1. The average molecular weight is 346 g/mol. The summed E-state index contributed by atoms with van der Waals surface area (Å²) < 4.78 is 5.91. The molecule has 1 saturated carbocycles. The molecule has 0 radical (unpaired) electrons. The maximum absolute atomic E-state index is 12.2. The molecule has 2 aromatic rings. The van der Waals surface area contributed by atoms with E-state index in [9.17, 15) is 4.79 Å². The number of ether oxygens (including phenoxy) is 1. The van der Waals surface area contributed by atoms with Crippen LogP contribution >= 0.6 is 11.3 Å². The van der Waals surface area contributed by atoms with Gasteiger partial charge in [-0.3, -0.25) is 4.79 Å². The Morgan fingerprint density at radius 1 is 1.29 bits per heavy atom. The van der Waals surface area contributed by atoms with E-state index in [-0.39, 0.29) is 5.91 Å². The second-order valence-electron chi connectivity index (χ2n) is 6.03. The molecule has 7 heteroatoms. The molecule has 0 aromatic carbocycles. The third-order valence-corrected chi connectivity index (χ3v) is 5.23. The highest BCUT2D eigenvalue weighted by atomic mass is 32.1. The number of hydrogen-bond donors (Lipinski definition) is 1. The monoisotopic (exact) mass is 346 g/mol. The SMILES string of the molecule is C[C@@H]1CCCC[C@@H]1OCCNC(=O)c1cnc(-c2ncccn2)s1. The van der Waals surface area contributed by atoms with Gasteiger partial charge in [-0.15, -0.1) is 11.3 Å². The first-order valence-corrected chi connectivity index (χ1v) is 9.18. The van der Waals surface area contributed by atoms with Gasteiger partial charge in [-0.25, -0.2) is 15.0 Å². The molecular formula is C17H22N4O2S. The van der Waals surface area contributed by atoms with Crippen molar-refractivity contribution < 1.29 is 9.53 Å². The summed E-state index contributed by atoms with van der Waals surface area (Å²) >= 11 is 1.29. The number of rotatable bonds is 6. The highest BCUT2D eigenvalue weighted by Crippen LogP contribution is 2.26. The third-order valence-electron chi connectivity index (χ3n) is 4.24. The second kappa shape index (κ2) is 8.30. The number of nitrogens with one attached hydrogen (secondary N) is 1. The van der Waals surface area contributed by atoms with Crippen LogP contribution in [0.4, 0.5) is 0 Å². The highest BCUT2D eigenvalue weighted by Gasteiger charge is 2.21. The highest BCUT2D eigenvalue weighted by molar-refractivity contribution is 7.16. The van der Waals surface area contributed by atoms with Crippen LogP contribution in [0.2, 0.25) is 0 Å². The molecule has 1 N–H and O–H groups in total. The quantitative estimate of drug-likeness (QED) is 0.814. The van der Waals surface area contributed by atoms with Crippen LogP contribution in [-0.4, -0.2) is 40.1 Å². The summed E-state index contributed by atoms with van der Waals surface area (Å²) in [5.41, 5.74) is 0. The molecule has 0 unspecified atom stereocenters. The van der Waals surface area contributed by atoms with E-state index in [1.165, 1.54) is 30.6 Å². The van der Waals surface area contributed by atoms with Crippen molar-refractivity contribution in [1.29, 1.82) is 0 Å². The van der Waals surface area contributed by atoms with Crippen molar-refractivity contribution in [2.75, 3.05) is 13.2 Å². The van der Waals surface area contributed by atoms with Crippen molar-refractivity contribution in [3.05, 3.63) is 29.5 Å². The Bertz CT molecular complexity index is 662. The molecule has 1 aliphatic rings. The van der Waals surface area contributed by atoms with Crippen LogP contribution in [0.1, 0.15) is 42.3 Å². The van der Waals surface area contributed by atoms with Gasteiger partial charge in [0.15, 0.2) is 10.8 Å². The minimum atomic E-state index is -0.130. The first-order valence-electron chi connectivity index (χ1n) is 8.37. The van der Waals surface area contributed by atoms with Crippen LogP contribution in [0.5, 0.6) is 0 Å². The van der Waals surface area contributed by atoms with E-state index in [0.29, 0.717) is 40.9 Å². The molecule has 1 amide bonds. The van der Waals surface area contributed by atoms with Crippen LogP contribution in [-0.2, 0) is 4.74 Å². The zero-order valence-corrected chi connectivity index (χ0v) is 14.6. The first kappa shape index (κ1) is 17.0. The summed E-state index contributed by atoms with van der Waals surface area (Å²) in [5.74, 6) is 1.02. The minimum absolute atomic E-state index is 0.130. The van der Waals surface area contributed by atoms with Gasteiger partial charge in [0.1, 0.15) is 4.88 Å². The van der Waals surface area contributed by atoms with Gasteiger partial charge in [0.2, 0.25) is 0 Å². The lowest BCUT2D eigenvalue weighted by Gasteiger charge is -2.28. The largest absolute Gasteiger partial charge is 0.376 e. The zero-order chi connectivity index (χ0) is 16.8. The Kier molecular flexibility index (Phi) is 5.87. The molecule has 0 saturated heterocycles. The van der Waals surface area contributed by atoms with Gasteiger partial charge in [0, 0.05) is 18.9 Å². The molecule has 1 fully saturated rings. The van der Waals surface area contributed by atoms with Gasteiger partial charge in [-0.2, -0.15) is 0 Å². The Hall–Kier alpha value is -1.86. The lowest BCUT2D eigenvalue weighted by Crippen LogP contribution is -2.31. The Labute approximate surface area is 145 Å². The van der Waals surface area contributed by atoms with Crippen LogP contribution in [0.3, 0.4) is 0 Å². The predicted octanol–water partition coefficient (Wildman–Crippen LogP) is 2.93. The summed E-state index contributed by atoms with van der Waals surface area (Å²) in [4.78, 5) is 25.2. The number of amides is 1. The minimum Gasteiger partial charge on any atom is -0.376 e. The van der Waals surface area contributed by atoms with Crippen molar-refractivity contribution >= 4 is 17.2 Å². The topological polar surface area (TPSA) is 77.0 Å². The number of carbonyl (C=O) groups excluding carboxylic acids is 1. The average Bonchev–Trinajstić information content (AvgIpc) is 3.11. The smallest absolute Gasteiger partial charge is 0.263 e. The summed E-state index contributed by atoms with van der Waals surface area (Å²) in [5, 5.41) is 3.53. The first-order chi connectivity index (χ1) is 11.7. The van der Waals surface area contributed by atoms with Gasteiger partial charge < -0.3 is 10.1 Å². The summed E-state index contributed by atoms with van der Waals surface area (Å²) in [6.07, 6.45) is 10.1. The lowest BCUT2D eigenvalue weighted by atomic mass is 9.88. The predicted molar refractivity (Wildman–Crippen MR) is 92.8 cm³/mol. The summed E-state index contributed by atoms with van der Waals surface area (Å²) in [6, 6.07) is 1.75. The van der Waals surface area contributed by atoms with E-state index in [4.69, 9.17) is 4.74 Å². The molecule has 0 spiro atoms. The summed E-state index contributed by atoms with van der Waals surface area (Å²) in [6.45, 7) is 3.30. The molecule has 128 valence electrons. The van der Waals surface area contributed by atoms with E-state index in [2.05, 4.69) is 27.2 Å². The number of aromatic nitrogens is 3. The molecule has 0 aliphatic heterocycles. The van der Waals surface area contributed by atoms with E-state index < -0.39 is 0 Å². The van der Waals surface area contributed by atoms with Crippen molar-refractivity contribution in [1.82, 2.24) is 20.3 Å². The third kappa shape index (κ3) is 4.36. The van der Waals surface area contributed by atoms with Gasteiger partial charge in [0.05, 0.1) is 18.9 Å². The van der Waals surface area contributed by atoms with Gasteiger partial charge in [-0.05, 0) is 24.8 Å². The fraction of sp³-hybridized carbons (Fsp3) is 0.529. The Morgan fingerprint density at radius 3 is 2.88 bits per heavy atom. The molecule has 1 aliphatic carbocycles. The van der Waals surface area contributed by atoms with E-state index in [1.54, 1.807) is 24.7 Å². The maximum atomic E-state index is 12.2. The molecular weight excluding hydrogens is 324 g/mol. The fourth-order valence-electron chi connectivity index (χ4n) is 2.88. The molecule has 0 bridgehead atoms. The van der Waals surface area contributed by atoms with E-state index >= 15 is 0 Å². The fourth-order valence-corrected chi connectivity index (χ4v) is 3.66. The molecule has 6 nitrogen and oxygen atoms in total. The molecule has 3 rings (SSSR count). The number of hydrogen-bond acceptors (Lipinski definition) is 6. The van der Waals surface area contributed by atoms with Crippen LogP contribution < -0.4 is 5.32 Å². The maximum Gasteiger partial charge on any atom is 0.263 e. The Morgan fingerprint density at radius 2 is 2.08 bits per heavy atom. The zero-order valence-electron chi connectivity index (χ0n) is 13.8. The van der Waals surface area contributed by atoms with Crippen molar-refractivity contribution in [3.63, 3.8) is 0 Å². The summed E-state index contributed by atoms with van der Waals surface area (Å²) in [7, 11) is 0. The van der Waals surface area contributed by atoms with Crippen LogP contribution in [0, 0.1) is 5.92 Å². The van der Waals surface area contributed by atoms with Gasteiger partial charge in [-0.1, -0.05) is 19.8 Å². The number of carbonyl (C=O) groups is 1. The molecule has 2 heterocycles. The van der Waals surface area contributed by atoms with Gasteiger partial charge >= 0.3 is 0 Å². The molecule has 24 heavy (non-hydrogen) atoms. The van der Waals surface area contributed by atoms with Gasteiger partial charge in [0.25, 0.3) is 5.91 Å². The van der Waals surface area contributed by atoms with Crippen molar-refractivity contribution in [2.24, 2.45) is 5.92 Å². The molecule has 2 aromatic heterocycles. The molecule has 2 atom stereocenters. The Balaban J connectivity index is 1.45. The van der Waals surface area contributed by atoms with E-state index in [1.807, 2.05) is 0 Å². The van der Waals surface area contributed by atoms with Crippen LogP contribution in [0.25, 0.3) is 10.8 Å². The second-order valence-corrected chi connectivity index (χ2v) is 7.06. The van der Waals surface area contributed by atoms with E-state index in [0.717, 1.165) is 6.42 Å². The lowest BCUT2D eigenvalue weighted by molar-refractivity contribution is -0.00292. The number of nitrogens with zero attached hydrogens (tertiary/aromatic N) is 3. The van der Waals surface area contributed by atoms with Crippen molar-refractivity contribution in [2.45, 2.75) is 38.7 Å². The normalized spacial score (nSPS) is 20.7. The van der Waals surface area contributed by atoms with Crippen LogP contribution in [0.15, 0.2) is 24.7 Å².